The van der Waals surface area contributed by atoms with Crippen molar-refractivity contribution in [2.75, 3.05) is 0 Å². The van der Waals surface area contributed by atoms with Crippen LogP contribution in [-0.4, -0.2) is 22.3 Å². The Morgan fingerprint density at radius 1 is 0.696 bits per heavy atom. The zero-order valence-electron chi connectivity index (χ0n) is 15.2. The Hall–Kier alpha value is 0.660. The number of ether oxygens (including phenoxy) is 3. The Kier molecular flexibility index (Phi) is 5.16. The van der Waals surface area contributed by atoms with E-state index in [0.717, 1.165) is 64.2 Å². The lowest BCUT2D eigenvalue weighted by molar-refractivity contribution is -0.485. The molecule has 4 saturated heterocycles. The van der Waals surface area contributed by atoms with E-state index in [1.165, 1.54) is 0 Å². The summed E-state index contributed by atoms with van der Waals surface area (Å²) in [7, 11) is -0.621. The third-order valence-corrected chi connectivity index (χ3v) is 10.2. The third kappa shape index (κ3) is 2.81. The van der Waals surface area contributed by atoms with Gasteiger partial charge in [0.25, 0.3) is 0 Å². The molecule has 4 bridgehead atoms. The Bertz CT molecular complexity index is 392. The summed E-state index contributed by atoms with van der Waals surface area (Å²) in [4.78, 5) is 0. The van der Waals surface area contributed by atoms with Crippen molar-refractivity contribution in [3.05, 3.63) is 0 Å². The topological polar surface area (TPSA) is 27.7 Å². The van der Waals surface area contributed by atoms with Crippen LogP contribution in [0.1, 0.15) is 91.9 Å². The van der Waals surface area contributed by atoms with Crippen LogP contribution in [-0.2, 0) is 14.2 Å². The van der Waals surface area contributed by atoms with Crippen molar-refractivity contribution < 1.29 is 14.2 Å². The molecule has 4 heterocycles. The van der Waals surface area contributed by atoms with E-state index in [1.807, 2.05) is 0 Å². The highest BCUT2D eigenvalue weighted by molar-refractivity contribution is 8.46. The van der Waals surface area contributed by atoms with Crippen LogP contribution in [0, 0.1) is 0 Å². The van der Waals surface area contributed by atoms with E-state index in [0.29, 0.717) is 0 Å². The Morgan fingerprint density at radius 2 is 1.09 bits per heavy atom. The molecule has 0 aromatic heterocycles. The van der Waals surface area contributed by atoms with Gasteiger partial charge in [0.05, 0.1) is 0 Å². The van der Waals surface area contributed by atoms with E-state index in [1.54, 1.807) is 0 Å². The summed E-state index contributed by atoms with van der Waals surface area (Å²) in [5.74, 6) is -0.876. The van der Waals surface area contributed by atoms with E-state index >= 15 is 0 Å². The summed E-state index contributed by atoms with van der Waals surface area (Å²) in [6, 6.07) is 0. The van der Waals surface area contributed by atoms with Gasteiger partial charge in [-0.1, -0.05) is 53.4 Å². The molecule has 0 aliphatic carbocycles. The van der Waals surface area contributed by atoms with Crippen molar-refractivity contribution in [2.45, 2.75) is 114 Å². The molecule has 0 saturated carbocycles. The van der Waals surface area contributed by atoms with Crippen LogP contribution in [0.5, 0.6) is 0 Å². The first kappa shape index (κ1) is 18.5. The zero-order chi connectivity index (χ0) is 16.8. The lowest BCUT2D eigenvalue weighted by atomic mass is 9.88. The standard InChI is InChI=1S/C18H33O3PS/c1-5-9-15-13-17(11-7-3)21-16(19-15,10-6-2)14-18(20-15,12-8-4)22(17)23/h23H,5-14H2,1-4H3. The van der Waals surface area contributed by atoms with Crippen LogP contribution in [0.25, 0.3) is 0 Å². The van der Waals surface area contributed by atoms with Gasteiger partial charge in [0, 0.05) is 32.8 Å². The average molecular weight is 360 g/mol. The van der Waals surface area contributed by atoms with Crippen LogP contribution >= 0.6 is 19.4 Å². The number of rotatable bonds is 8. The van der Waals surface area contributed by atoms with E-state index in [9.17, 15) is 0 Å². The van der Waals surface area contributed by atoms with E-state index in [4.69, 9.17) is 26.5 Å². The van der Waals surface area contributed by atoms with Gasteiger partial charge < -0.3 is 14.2 Å². The van der Waals surface area contributed by atoms with Gasteiger partial charge in [0.1, 0.15) is 10.7 Å². The maximum atomic E-state index is 6.78. The number of hydrogen-bond acceptors (Lipinski definition) is 4. The van der Waals surface area contributed by atoms with Gasteiger partial charge in [-0.05, 0) is 12.8 Å². The summed E-state index contributed by atoms with van der Waals surface area (Å²) in [5.41, 5.74) is 0. The summed E-state index contributed by atoms with van der Waals surface area (Å²) in [6.07, 6.45) is 10.3. The molecule has 0 spiro atoms. The lowest BCUT2D eigenvalue weighted by Gasteiger charge is -2.71. The van der Waals surface area contributed by atoms with Crippen molar-refractivity contribution in [1.29, 1.82) is 0 Å². The van der Waals surface area contributed by atoms with Crippen molar-refractivity contribution in [2.24, 2.45) is 0 Å². The molecule has 0 aromatic rings. The molecule has 0 radical (unpaired) electrons. The molecule has 5 heteroatoms. The predicted octanol–water partition coefficient (Wildman–Crippen LogP) is 6.17. The highest BCUT2D eigenvalue weighted by atomic mass is 32.7. The molecular formula is C18H33O3PS. The molecule has 3 nitrogen and oxygen atoms in total. The summed E-state index contributed by atoms with van der Waals surface area (Å²) < 4.78 is 20.2. The molecule has 4 fully saturated rings. The molecule has 134 valence electrons. The molecule has 23 heavy (non-hydrogen) atoms. The Labute approximate surface area is 148 Å². The van der Waals surface area contributed by atoms with Crippen molar-refractivity contribution in [3.8, 4) is 0 Å². The zero-order valence-corrected chi connectivity index (χ0v) is 17.0. The van der Waals surface area contributed by atoms with E-state index < -0.39 is 18.7 Å². The number of thiol groups is 1. The quantitative estimate of drug-likeness (QED) is 0.414. The largest absolute Gasteiger partial charge is 0.338 e. The van der Waals surface area contributed by atoms with Crippen LogP contribution < -0.4 is 0 Å². The van der Waals surface area contributed by atoms with Crippen LogP contribution in [0.15, 0.2) is 0 Å². The van der Waals surface area contributed by atoms with Crippen LogP contribution in [0.4, 0.5) is 0 Å². The average Bonchev–Trinajstić information content (AvgIpc) is 2.44. The minimum absolute atomic E-state index is 0.124. The molecule has 4 aliphatic rings. The predicted molar refractivity (Wildman–Crippen MR) is 99.0 cm³/mol. The fourth-order valence-electron chi connectivity index (χ4n) is 5.15. The molecule has 4 aliphatic heterocycles. The third-order valence-electron chi connectivity index (χ3n) is 5.53. The normalized spacial score (nSPS) is 48.1. The van der Waals surface area contributed by atoms with Crippen molar-refractivity contribution in [1.82, 2.24) is 0 Å². The van der Waals surface area contributed by atoms with E-state index in [2.05, 4.69) is 27.7 Å². The van der Waals surface area contributed by atoms with Gasteiger partial charge in [-0.3, -0.25) is 0 Å². The van der Waals surface area contributed by atoms with Gasteiger partial charge >= 0.3 is 0 Å². The van der Waals surface area contributed by atoms with Gasteiger partial charge in [-0.15, -0.1) is 12.2 Å². The summed E-state index contributed by atoms with van der Waals surface area (Å²) >= 11 is 5.15. The second-order valence-corrected chi connectivity index (χ2v) is 11.1. The second kappa shape index (κ2) is 6.43. The highest BCUT2D eigenvalue weighted by Gasteiger charge is 2.74. The van der Waals surface area contributed by atoms with Gasteiger partial charge in [-0.25, -0.2) is 0 Å². The summed E-state index contributed by atoms with van der Waals surface area (Å²) in [6.45, 7) is 8.96. The smallest absolute Gasteiger partial charge is 0.176 e. The lowest BCUT2D eigenvalue weighted by Crippen LogP contribution is -2.73. The molecule has 0 aromatic carbocycles. The molecular weight excluding hydrogens is 327 g/mol. The minimum Gasteiger partial charge on any atom is -0.338 e. The van der Waals surface area contributed by atoms with E-state index in [-0.39, 0.29) is 10.7 Å². The van der Waals surface area contributed by atoms with Crippen molar-refractivity contribution in [3.63, 3.8) is 0 Å². The first-order valence-electron chi connectivity index (χ1n) is 9.53. The van der Waals surface area contributed by atoms with Gasteiger partial charge in [0.2, 0.25) is 0 Å². The highest BCUT2D eigenvalue weighted by Crippen LogP contribution is 2.81. The number of hydrogen-bond donors (Lipinski definition) is 1. The maximum Gasteiger partial charge on any atom is 0.176 e. The SMILES string of the molecule is CCCC12CC3(CCC)OC(CCC)(CC(CCC)(O1)P3S)O2. The first-order valence-corrected chi connectivity index (χ1v) is 12.0. The molecule has 0 N–H and O–H groups in total. The summed E-state index contributed by atoms with van der Waals surface area (Å²) in [5, 5.41) is -0.247. The Balaban J connectivity index is 2.06. The van der Waals surface area contributed by atoms with Crippen molar-refractivity contribution >= 4 is 19.4 Å². The molecule has 4 atom stereocenters. The van der Waals surface area contributed by atoms with Gasteiger partial charge in [0.15, 0.2) is 11.6 Å². The fraction of sp³-hybridized carbons (Fsp3) is 1.00. The molecule has 4 unspecified atom stereocenters. The monoisotopic (exact) mass is 360 g/mol. The maximum absolute atomic E-state index is 6.78. The van der Waals surface area contributed by atoms with Crippen LogP contribution in [0.3, 0.4) is 0 Å². The Morgan fingerprint density at radius 3 is 1.43 bits per heavy atom. The first-order chi connectivity index (χ1) is 10.9. The molecule has 0 amide bonds. The fourth-order valence-corrected chi connectivity index (χ4v) is 9.32. The van der Waals surface area contributed by atoms with Crippen LogP contribution in [0.2, 0.25) is 0 Å². The van der Waals surface area contributed by atoms with Gasteiger partial charge in [-0.2, -0.15) is 0 Å². The second-order valence-electron chi connectivity index (χ2n) is 7.69. The molecule has 4 rings (SSSR count). The minimum atomic E-state index is -0.621.